The zero-order valence-corrected chi connectivity index (χ0v) is 6.60. The molecule has 0 radical (unpaired) electrons. The van der Waals surface area contributed by atoms with Gasteiger partial charge in [0.05, 0.1) is 6.54 Å². The van der Waals surface area contributed by atoms with E-state index >= 15 is 0 Å². The summed E-state index contributed by atoms with van der Waals surface area (Å²) < 4.78 is 0. The summed E-state index contributed by atoms with van der Waals surface area (Å²) in [6.45, 7) is 3.18. The van der Waals surface area contributed by atoms with E-state index in [9.17, 15) is 0 Å². The summed E-state index contributed by atoms with van der Waals surface area (Å²) >= 11 is 1.84. The van der Waals surface area contributed by atoms with Gasteiger partial charge in [0.1, 0.15) is 0 Å². The molecule has 0 aliphatic carbocycles. The number of thioether (sulfide) groups is 1. The topological polar surface area (TPSA) is 15.6 Å². The zero-order valence-electron chi connectivity index (χ0n) is 5.79. The zero-order chi connectivity index (χ0) is 6.81. The molecule has 2 heterocycles. The molecular formula is C7H10N2S. The lowest BCUT2D eigenvalue weighted by Gasteiger charge is -2.14. The number of amidine groups is 1. The van der Waals surface area contributed by atoms with Crippen LogP contribution in [0.25, 0.3) is 0 Å². The van der Waals surface area contributed by atoms with Crippen LogP contribution >= 0.6 is 11.8 Å². The van der Waals surface area contributed by atoms with Crippen LogP contribution in [0.3, 0.4) is 0 Å². The fraction of sp³-hybridized carbons (Fsp3) is 0.571. The van der Waals surface area contributed by atoms with Gasteiger partial charge in [0.25, 0.3) is 0 Å². The van der Waals surface area contributed by atoms with E-state index in [1.165, 1.54) is 5.17 Å². The summed E-state index contributed by atoms with van der Waals surface area (Å²) in [5.74, 6) is 1.09. The molecule has 0 aromatic carbocycles. The van der Waals surface area contributed by atoms with Crippen molar-refractivity contribution in [3.05, 3.63) is 12.2 Å². The first-order chi connectivity index (χ1) is 4.97. The predicted molar refractivity (Wildman–Crippen MR) is 45.5 cm³/mol. The van der Waals surface area contributed by atoms with E-state index < -0.39 is 0 Å². The van der Waals surface area contributed by atoms with Gasteiger partial charge in [-0.1, -0.05) is 23.9 Å². The minimum absolute atomic E-state index is 0.996. The van der Waals surface area contributed by atoms with Crippen LogP contribution in [0.2, 0.25) is 0 Å². The van der Waals surface area contributed by atoms with Gasteiger partial charge in [-0.3, -0.25) is 4.99 Å². The van der Waals surface area contributed by atoms with E-state index in [0.717, 1.165) is 25.4 Å². The van der Waals surface area contributed by atoms with Crippen molar-refractivity contribution in [1.29, 1.82) is 0 Å². The number of hydrogen-bond donors (Lipinski definition) is 0. The maximum atomic E-state index is 4.38. The second-order valence-corrected chi connectivity index (χ2v) is 3.38. The van der Waals surface area contributed by atoms with Crippen molar-refractivity contribution in [2.24, 2.45) is 4.99 Å². The monoisotopic (exact) mass is 154 g/mol. The number of nitrogens with zero attached hydrogens (tertiary/aromatic N) is 2. The van der Waals surface area contributed by atoms with Gasteiger partial charge in [0.2, 0.25) is 0 Å². The predicted octanol–water partition coefficient (Wildman–Crippen LogP) is 0.961. The molecule has 0 saturated carbocycles. The molecule has 2 nitrogen and oxygen atoms in total. The molecule has 0 unspecified atom stereocenters. The van der Waals surface area contributed by atoms with Gasteiger partial charge in [-0.2, -0.15) is 0 Å². The van der Waals surface area contributed by atoms with Gasteiger partial charge in [0.15, 0.2) is 5.17 Å². The summed E-state index contributed by atoms with van der Waals surface area (Å²) in [5.41, 5.74) is 0. The lowest BCUT2D eigenvalue weighted by atomic mass is 10.5. The highest BCUT2D eigenvalue weighted by Crippen LogP contribution is 2.16. The fourth-order valence-electron chi connectivity index (χ4n) is 1.16. The molecule has 2 aliphatic rings. The van der Waals surface area contributed by atoms with Gasteiger partial charge in [0, 0.05) is 18.8 Å². The molecule has 0 aromatic rings. The number of hydrogen-bond acceptors (Lipinski definition) is 3. The first-order valence-electron chi connectivity index (χ1n) is 3.54. The summed E-state index contributed by atoms with van der Waals surface area (Å²) in [5, 5.41) is 1.24. The maximum absolute atomic E-state index is 4.38. The Balaban J connectivity index is 2.12. The SMILES string of the molecule is C1=CCN2CCN=C2SC1. The molecule has 0 bridgehead atoms. The third kappa shape index (κ3) is 1.06. The van der Waals surface area contributed by atoms with Crippen molar-refractivity contribution in [2.45, 2.75) is 0 Å². The van der Waals surface area contributed by atoms with E-state index in [1.807, 2.05) is 11.8 Å². The largest absolute Gasteiger partial charge is 0.346 e. The Morgan fingerprint density at radius 3 is 3.50 bits per heavy atom. The van der Waals surface area contributed by atoms with Crippen molar-refractivity contribution in [3.8, 4) is 0 Å². The molecule has 2 aliphatic heterocycles. The average molecular weight is 154 g/mol. The lowest BCUT2D eigenvalue weighted by Crippen LogP contribution is -2.24. The van der Waals surface area contributed by atoms with Crippen molar-refractivity contribution >= 4 is 16.9 Å². The van der Waals surface area contributed by atoms with Crippen LogP contribution in [0.4, 0.5) is 0 Å². The first kappa shape index (κ1) is 6.28. The molecule has 10 heavy (non-hydrogen) atoms. The molecule has 0 aromatic heterocycles. The van der Waals surface area contributed by atoms with Gasteiger partial charge >= 0.3 is 0 Å². The number of rotatable bonds is 0. The molecule has 2 rings (SSSR count). The number of aliphatic imine (C=N–C) groups is 1. The molecule has 54 valence electrons. The lowest BCUT2D eigenvalue weighted by molar-refractivity contribution is 0.515. The normalized spacial score (nSPS) is 24.0. The molecule has 0 saturated heterocycles. The van der Waals surface area contributed by atoms with Gasteiger partial charge in [-0.05, 0) is 0 Å². The Morgan fingerprint density at radius 2 is 2.50 bits per heavy atom. The second-order valence-electron chi connectivity index (χ2n) is 2.39. The minimum atomic E-state index is 0.996. The summed E-state index contributed by atoms with van der Waals surface area (Å²) in [7, 11) is 0. The highest BCUT2D eigenvalue weighted by Gasteiger charge is 2.16. The van der Waals surface area contributed by atoms with Crippen LogP contribution in [0, 0.1) is 0 Å². The van der Waals surface area contributed by atoms with Crippen molar-refractivity contribution in [1.82, 2.24) is 4.90 Å². The Labute approximate surface area is 65.0 Å². The highest BCUT2D eigenvalue weighted by molar-refractivity contribution is 8.13. The Morgan fingerprint density at radius 1 is 1.50 bits per heavy atom. The van der Waals surface area contributed by atoms with E-state index in [2.05, 4.69) is 22.0 Å². The smallest absolute Gasteiger partial charge is 0.159 e. The summed E-state index contributed by atoms with van der Waals surface area (Å²) in [6.07, 6.45) is 4.44. The third-order valence-corrected chi connectivity index (χ3v) is 2.69. The molecule has 0 atom stereocenters. The Hall–Kier alpha value is -0.440. The first-order valence-corrected chi connectivity index (χ1v) is 4.52. The second kappa shape index (κ2) is 2.66. The highest BCUT2D eigenvalue weighted by atomic mass is 32.2. The maximum Gasteiger partial charge on any atom is 0.159 e. The quantitative estimate of drug-likeness (QED) is 0.483. The van der Waals surface area contributed by atoms with Crippen LogP contribution in [-0.2, 0) is 0 Å². The fourth-order valence-corrected chi connectivity index (χ4v) is 2.07. The molecule has 0 N–H and O–H groups in total. The molecule has 0 amide bonds. The Bertz CT molecular complexity index is 186. The van der Waals surface area contributed by atoms with Gasteiger partial charge in [-0.25, -0.2) is 0 Å². The van der Waals surface area contributed by atoms with E-state index in [4.69, 9.17) is 0 Å². The standard InChI is InChI=1S/C7H10N2S/c1-2-6-10-7-8-3-5-9(7)4-1/h1-2H,3-6H2. The molecular weight excluding hydrogens is 144 g/mol. The molecule has 0 fully saturated rings. The molecule has 0 spiro atoms. The summed E-state index contributed by atoms with van der Waals surface area (Å²) in [6, 6.07) is 0. The van der Waals surface area contributed by atoms with Crippen LogP contribution < -0.4 is 0 Å². The van der Waals surface area contributed by atoms with Crippen LogP contribution in [0.1, 0.15) is 0 Å². The van der Waals surface area contributed by atoms with Crippen LogP contribution in [0.5, 0.6) is 0 Å². The Kier molecular flexibility index (Phi) is 1.67. The van der Waals surface area contributed by atoms with Crippen molar-refractivity contribution < 1.29 is 0 Å². The average Bonchev–Trinajstić information content (AvgIpc) is 2.28. The number of fused-ring (bicyclic) bond motifs is 1. The van der Waals surface area contributed by atoms with E-state index in [1.54, 1.807) is 0 Å². The van der Waals surface area contributed by atoms with Crippen LogP contribution in [0.15, 0.2) is 17.1 Å². The summed E-state index contributed by atoms with van der Waals surface area (Å²) in [4.78, 5) is 6.71. The van der Waals surface area contributed by atoms with E-state index in [-0.39, 0.29) is 0 Å². The minimum Gasteiger partial charge on any atom is -0.346 e. The van der Waals surface area contributed by atoms with E-state index in [0.29, 0.717) is 0 Å². The van der Waals surface area contributed by atoms with Crippen molar-refractivity contribution in [3.63, 3.8) is 0 Å². The third-order valence-electron chi connectivity index (χ3n) is 1.69. The van der Waals surface area contributed by atoms with Crippen molar-refractivity contribution in [2.75, 3.05) is 25.4 Å². The molecule has 3 heteroatoms. The van der Waals surface area contributed by atoms with Gasteiger partial charge in [-0.15, -0.1) is 0 Å². The van der Waals surface area contributed by atoms with Gasteiger partial charge < -0.3 is 4.90 Å². The van der Waals surface area contributed by atoms with Crippen LogP contribution in [-0.4, -0.2) is 35.5 Å².